The number of aryl methyl sites for hydroxylation is 1. The normalized spacial score (nSPS) is 11.1. The molecule has 134 valence electrons. The first-order valence-corrected chi connectivity index (χ1v) is 9.22. The zero-order chi connectivity index (χ0) is 19.4. The van der Waals surface area contributed by atoms with Crippen LogP contribution in [-0.4, -0.2) is 10.5 Å². The summed E-state index contributed by atoms with van der Waals surface area (Å²) in [5.74, 6) is -0.419. The fourth-order valence-electron chi connectivity index (χ4n) is 2.95. The molecule has 0 atom stereocenters. The lowest BCUT2D eigenvalue weighted by Crippen LogP contribution is -2.13. The van der Waals surface area contributed by atoms with Crippen LogP contribution in [0.25, 0.3) is 11.8 Å². The number of rotatable bonds is 4. The minimum absolute atomic E-state index is 0.0647. The molecule has 3 aromatic rings. The second-order valence-corrected chi connectivity index (χ2v) is 7.04. The highest BCUT2D eigenvalue weighted by Gasteiger charge is 2.14. The van der Waals surface area contributed by atoms with Gasteiger partial charge in [0.05, 0.1) is 0 Å². The lowest BCUT2D eigenvalue weighted by molar-refractivity contribution is -0.112. The third kappa shape index (κ3) is 4.18. The molecule has 1 N–H and O–H groups in total. The minimum atomic E-state index is -0.419. The first-order chi connectivity index (χ1) is 13.0. The maximum Gasteiger partial charge on any atom is 0.266 e. The van der Waals surface area contributed by atoms with Crippen LogP contribution >= 0.6 is 15.9 Å². The lowest BCUT2D eigenvalue weighted by atomic mass is 10.1. The second kappa shape index (κ2) is 8.07. The first kappa shape index (κ1) is 18.7. The summed E-state index contributed by atoms with van der Waals surface area (Å²) in [4.78, 5) is 12.4. The fourth-order valence-corrected chi connectivity index (χ4v) is 3.21. The van der Waals surface area contributed by atoms with Gasteiger partial charge < -0.3 is 9.88 Å². The van der Waals surface area contributed by atoms with Gasteiger partial charge in [-0.15, -0.1) is 0 Å². The molecular weight excluding hydrogens is 402 g/mol. The minimum Gasteiger partial charge on any atom is -0.321 e. The Labute approximate surface area is 166 Å². The van der Waals surface area contributed by atoms with Crippen LogP contribution in [-0.2, 0) is 4.79 Å². The summed E-state index contributed by atoms with van der Waals surface area (Å²) in [6.45, 7) is 3.98. The molecule has 1 heterocycles. The Morgan fingerprint density at radius 2 is 1.78 bits per heavy atom. The average molecular weight is 420 g/mol. The van der Waals surface area contributed by atoms with Crippen molar-refractivity contribution in [3.63, 3.8) is 0 Å². The van der Waals surface area contributed by atoms with E-state index >= 15 is 0 Å². The number of nitrogens with one attached hydrogen (secondary N) is 1. The van der Waals surface area contributed by atoms with Crippen molar-refractivity contribution in [3.05, 3.63) is 87.7 Å². The van der Waals surface area contributed by atoms with Crippen LogP contribution in [0, 0.1) is 25.2 Å². The SMILES string of the molecule is Cc1cc(/C=C(\C#N)C(=O)Nc2ccccc2)c(C)n1-c1ccc(Br)cc1. The maximum atomic E-state index is 12.4. The van der Waals surface area contributed by atoms with Crippen molar-refractivity contribution in [2.45, 2.75) is 13.8 Å². The van der Waals surface area contributed by atoms with E-state index in [9.17, 15) is 10.1 Å². The number of para-hydroxylation sites is 1. The fraction of sp³-hybridized carbons (Fsp3) is 0.0909. The summed E-state index contributed by atoms with van der Waals surface area (Å²) in [5, 5.41) is 12.2. The molecule has 0 aliphatic heterocycles. The number of amides is 1. The maximum absolute atomic E-state index is 12.4. The number of halogens is 1. The van der Waals surface area contributed by atoms with E-state index in [2.05, 4.69) is 25.8 Å². The van der Waals surface area contributed by atoms with Crippen LogP contribution in [0.5, 0.6) is 0 Å². The molecule has 0 saturated heterocycles. The molecule has 0 radical (unpaired) electrons. The Hall–Kier alpha value is -3.10. The molecule has 27 heavy (non-hydrogen) atoms. The molecule has 0 spiro atoms. The summed E-state index contributed by atoms with van der Waals surface area (Å²) in [7, 11) is 0. The Morgan fingerprint density at radius 1 is 1.11 bits per heavy atom. The summed E-state index contributed by atoms with van der Waals surface area (Å²) >= 11 is 3.45. The standard InChI is InChI=1S/C22H18BrN3O/c1-15-12-17(16(2)26(15)21-10-8-19(23)9-11-21)13-18(14-24)22(27)25-20-6-4-3-5-7-20/h3-13H,1-2H3,(H,25,27)/b18-13+. The highest BCUT2D eigenvalue weighted by atomic mass is 79.9. The quantitative estimate of drug-likeness (QED) is 0.454. The molecular formula is C22H18BrN3O. The van der Waals surface area contributed by atoms with Gasteiger partial charge in [-0.25, -0.2) is 0 Å². The van der Waals surface area contributed by atoms with Crippen molar-refractivity contribution >= 4 is 33.6 Å². The third-order valence-electron chi connectivity index (χ3n) is 4.25. The van der Waals surface area contributed by atoms with Crippen molar-refractivity contribution < 1.29 is 4.79 Å². The summed E-state index contributed by atoms with van der Waals surface area (Å²) in [6.07, 6.45) is 1.63. The second-order valence-electron chi connectivity index (χ2n) is 6.13. The van der Waals surface area contributed by atoms with Crippen LogP contribution in [0.3, 0.4) is 0 Å². The van der Waals surface area contributed by atoms with Crippen LogP contribution in [0.1, 0.15) is 17.0 Å². The Kier molecular flexibility index (Phi) is 5.58. The van der Waals surface area contributed by atoms with Gasteiger partial charge in [0.1, 0.15) is 11.6 Å². The molecule has 1 aromatic heterocycles. The molecule has 0 unspecified atom stereocenters. The topological polar surface area (TPSA) is 57.8 Å². The van der Waals surface area contributed by atoms with Gasteiger partial charge in [-0.3, -0.25) is 4.79 Å². The highest BCUT2D eigenvalue weighted by molar-refractivity contribution is 9.10. The summed E-state index contributed by atoms with van der Waals surface area (Å²) < 4.78 is 3.11. The smallest absolute Gasteiger partial charge is 0.266 e. The van der Waals surface area contributed by atoms with E-state index in [1.807, 2.05) is 68.4 Å². The predicted molar refractivity (Wildman–Crippen MR) is 112 cm³/mol. The monoisotopic (exact) mass is 419 g/mol. The van der Waals surface area contributed by atoms with E-state index in [-0.39, 0.29) is 5.57 Å². The summed E-state index contributed by atoms with van der Waals surface area (Å²) in [5.41, 5.74) is 4.59. The molecule has 2 aromatic carbocycles. The zero-order valence-electron chi connectivity index (χ0n) is 15.0. The first-order valence-electron chi connectivity index (χ1n) is 8.42. The number of hydrogen-bond donors (Lipinski definition) is 1. The predicted octanol–water partition coefficient (Wildman–Crippen LogP) is 5.40. The number of benzene rings is 2. The number of aromatic nitrogens is 1. The number of anilines is 1. The molecule has 3 rings (SSSR count). The van der Waals surface area contributed by atoms with E-state index in [1.165, 1.54) is 0 Å². The van der Waals surface area contributed by atoms with Crippen LogP contribution in [0.15, 0.2) is 70.7 Å². The van der Waals surface area contributed by atoms with Crippen LogP contribution in [0.4, 0.5) is 5.69 Å². The van der Waals surface area contributed by atoms with Crippen LogP contribution in [0.2, 0.25) is 0 Å². The Morgan fingerprint density at radius 3 is 2.41 bits per heavy atom. The van der Waals surface area contributed by atoms with Gasteiger partial charge in [0, 0.05) is 27.2 Å². The highest BCUT2D eigenvalue weighted by Crippen LogP contribution is 2.24. The average Bonchev–Trinajstić information content (AvgIpc) is 2.94. The van der Waals surface area contributed by atoms with E-state index in [0.717, 1.165) is 27.1 Å². The van der Waals surface area contributed by atoms with Gasteiger partial charge in [0.25, 0.3) is 5.91 Å². The number of nitriles is 1. The third-order valence-corrected chi connectivity index (χ3v) is 4.78. The van der Waals surface area contributed by atoms with Crippen LogP contribution < -0.4 is 5.32 Å². The summed E-state index contributed by atoms with van der Waals surface area (Å²) in [6, 6.07) is 21.1. The number of carbonyl (C=O) groups is 1. The van der Waals surface area contributed by atoms with E-state index in [0.29, 0.717) is 5.69 Å². The van der Waals surface area contributed by atoms with Gasteiger partial charge in [0.2, 0.25) is 0 Å². The van der Waals surface area contributed by atoms with Gasteiger partial charge in [-0.05, 0) is 68.0 Å². The van der Waals surface area contributed by atoms with Gasteiger partial charge in [-0.1, -0.05) is 34.1 Å². The van der Waals surface area contributed by atoms with E-state index < -0.39 is 5.91 Å². The molecule has 1 amide bonds. The molecule has 0 aliphatic carbocycles. The van der Waals surface area contributed by atoms with Crippen molar-refractivity contribution in [2.75, 3.05) is 5.32 Å². The Bertz CT molecular complexity index is 1040. The molecule has 0 saturated carbocycles. The van der Waals surface area contributed by atoms with Crippen molar-refractivity contribution in [1.82, 2.24) is 4.57 Å². The molecule has 0 aliphatic rings. The van der Waals surface area contributed by atoms with Gasteiger partial charge in [0.15, 0.2) is 0 Å². The number of hydrogen-bond acceptors (Lipinski definition) is 2. The lowest BCUT2D eigenvalue weighted by Gasteiger charge is -2.09. The van der Waals surface area contributed by atoms with Gasteiger partial charge >= 0.3 is 0 Å². The van der Waals surface area contributed by atoms with Crippen molar-refractivity contribution in [2.24, 2.45) is 0 Å². The van der Waals surface area contributed by atoms with Crippen molar-refractivity contribution in [3.8, 4) is 11.8 Å². The number of carbonyl (C=O) groups excluding carboxylic acids is 1. The molecule has 0 fully saturated rings. The largest absolute Gasteiger partial charge is 0.321 e. The number of nitrogens with zero attached hydrogens (tertiary/aromatic N) is 2. The molecule has 5 heteroatoms. The van der Waals surface area contributed by atoms with Gasteiger partial charge in [-0.2, -0.15) is 5.26 Å². The molecule has 4 nitrogen and oxygen atoms in total. The zero-order valence-corrected chi connectivity index (χ0v) is 16.6. The van der Waals surface area contributed by atoms with Crippen molar-refractivity contribution in [1.29, 1.82) is 5.26 Å². The molecule has 0 bridgehead atoms. The Balaban J connectivity index is 1.93. The van der Waals surface area contributed by atoms with E-state index in [4.69, 9.17) is 0 Å². The van der Waals surface area contributed by atoms with E-state index in [1.54, 1.807) is 18.2 Å².